The van der Waals surface area contributed by atoms with Crippen molar-refractivity contribution in [2.24, 2.45) is 0 Å². The highest BCUT2D eigenvalue weighted by Gasteiger charge is 2.41. The van der Waals surface area contributed by atoms with E-state index in [-0.39, 0.29) is 12.4 Å². The molecule has 5 rings (SSSR count). The Morgan fingerprint density at radius 1 is 1.12 bits per heavy atom. The quantitative estimate of drug-likeness (QED) is 0.229. The highest BCUT2D eigenvalue weighted by Crippen LogP contribution is 2.35. The largest absolute Gasteiger partial charge is 0.465 e. The third-order valence-corrected chi connectivity index (χ3v) is 7.58. The van der Waals surface area contributed by atoms with Gasteiger partial charge in [0.05, 0.1) is 23.4 Å². The topological polar surface area (TPSA) is 97.6 Å². The molecule has 4 aromatic rings. The van der Waals surface area contributed by atoms with Crippen LogP contribution in [-0.4, -0.2) is 56.5 Å². The third kappa shape index (κ3) is 6.13. The molecule has 12 heteroatoms. The van der Waals surface area contributed by atoms with Crippen molar-refractivity contribution in [2.75, 3.05) is 19.7 Å². The zero-order valence-corrected chi connectivity index (χ0v) is 23.2. The lowest BCUT2D eigenvalue weighted by molar-refractivity contribution is -0.143. The average Bonchev–Trinajstić information content (AvgIpc) is 3.65. The molecule has 0 bridgehead atoms. The number of carbonyl (C=O) groups is 2. The molecule has 0 aliphatic carbocycles. The number of carboxylic acid groups (broad SMARTS) is 1. The maximum absolute atomic E-state index is 14.0. The van der Waals surface area contributed by atoms with Crippen LogP contribution in [0, 0.1) is 0 Å². The number of amides is 1. The van der Waals surface area contributed by atoms with Gasteiger partial charge in [0, 0.05) is 13.1 Å². The molecule has 0 spiro atoms. The van der Waals surface area contributed by atoms with Crippen molar-refractivity contribution in [1.29, 1.82) is 0 Å². The molecule has 4 heterocycles. The van der Waals surface area contributed by atoms with Gasteiger partial charge >= 0.3 is 18.2 Å². The number of thiophene rings is 1. The fourth-order valence-electron chi connectivity index (χ4n) is 4.58. The number of ether oxygens (including phenoxy) is 1. The lowest BCUT2D eigenvalue weighted by Crippen LogP contribution is -2.33. The number of rotatable bonds is 7. The second-order valence-corrected chi connectivity index (χ2v) is 10.2. The molecule has 0 unspecified atom stereocenters. The Labute approximate surface area is 243 Å². The molecular formula is C30H25F3N4O4S. The standard InChI is InChI=1S/C30H25F3N4O4S/c1-2-41-28(38)23-18-34-37(27(23)30(31,32)33)25-5-3-4-24(35-25)26-22(14-17-42-26)11-8-19-6-9-20(10-7-19)21-12-15-36(16-13-21)29(39)40/h3-12,14,17-18H,2,13,15-16H2,1H3,(H,39,40)/b11-8-. The number of aromatic nitrogens is 3. The second kappa shape index (κ2) is 12.0. The molecule has 1 aromatic carbocycles. The smallest absolute Gasteiger partial charge is 0.434 e. The van der Waals surface area contributed by atoms with Crippen molar-refractivity contribution in [1.82, 2.24) is 19.7 Å². The van der Waals surface area contributed by atoms with E-state index in [1.54, 1.807) is 12.1 Å². The van der Waals surface area contributed by atoms with Gasteiger partial charge in [-0.3, -0.25) is 0 Å². The minimum Gasteiger partial charge on any atom is -0.465 e. The SMILES string of the molecule is CCOC(=O)c1cnn(-c2cccc(-c3sccc3/C=C\c3ccc(C4=CCN(C(=O)O)CC4)cc3)n2)c1C(F)(F)F. The summed E-state index contributed by atoms with van der Waals surface area (Å²) in [5.41, 5.74) is 2.46. The summed E-state index contributed by atoms with van der Waals surface area (Å²) in [4.78, 5) is 29.9. The number of carbonyl (C=O) groups excluding carboxylic acids is 1. The molecule has 1 aliphatic heterocycles. The minimum absolute atomic E-state index is 0.0700. The van der Waals surface area contributed by atoms with E-state index in [1.807, 2.05) is 53.9 Å². The van der Waals surface area contributed by atoms with Gasteiger partial charge in [0.25, 0.3) is 0 Å². The molecule has 0 fully saturated rings. The van der Waals surface area contributed by atoms with Crippen LogP contribution in [0.2, 0.25) is 0 Å². The number of nitrogens with zero attached hydrogens (tertiary/aromatic N) is 4. The zero-order valence-electron chi connectivity index (χ0n) is 22.3. The Morgan fingerprint density at radius 2 is 1.90 bits per heavy atom. The lowest BCUT2D eigenvalue weighted by Gasteiger charge is -2.23. The van der Waals surface area contributed by atoms with Crippen LogP contribution in [0.3, 0.4) is 0 Å². The number of hydrogen-bond acceptors (Lipinski definition) is 6. The van der Waals surface area contributed by atoms with E-state index >= 15 is 0 Å². The molecule has 1 N–H and O–H groups in total. The number of benzene rings is 1. The molecule has 0 saturated heterocycles. The summed E-state index contributed by atoms with van der Waals surface area (Å²) in [5.74, 6) is -1.19. The van der Waals surface area contributed by atoms with Gasteiger partial charge in [-0.1, -0.05) is 48.6 Å². The van der Waals surface area contributed by atoms with Crippen molar-refractivity contribution >= 4 is 41.1 Å². The third-order valence-electron chi connectivity index (χ3n) is 6.63. The summed E-state index contributed by atoms with van der Waals surface area (Å²) in [5, 5.41) is 14.8. The van der Waals surface area contributed by atoms with E-state index in [2.05, 4.69) is 10.1 Å². The van der Waals surface area contributed by atoms with E-state index in [4.69, 9.17) is 9.84 Å². The lowest BCUT2D eigenvalue weighted by atomic mass is 9.98. The molecule has 3 aromatic heterocycles. The summed E-state index contributed by atoms with van der Waals surface area (Å²) < 4.78 is 47.3. The highest BCUT2D eigenvalue weighted by molar-refractivity contribution is 7.13. The summed E-state index contributed by atoms with van der Waals surface area (Å²) in [6.07, 6.45) is 1.48. The van der Waals surface area contributed by atoms with Crippen molar-refractivity contribution in [3.63, 3.8) is 0 Å². The molecule has 1 amide bonds. The Bertz CT molecular complexity index is 1670. The van der Waals surface area contributed by atoms with Gasteiger partial charge in [0.2, 0.25) is 0 Å². The molecule has 0 saturated carbocycles. The maximum Gasteiger partial charge on any atom is 0.434 e. The van der Waals surface area contributed by atoms with Crippen molar-refractivity contribution in [3.8, 4) is 16.4 Å². The van der Waals surface area contributed by atoms with Crippen LogP contribution in [0.4, 0.5) is 18.0 Å². The number of alkyl halides is 3. The maximum atomic E-state index is 14.0. The first-order chi connectivity index (χ1) is 20.2. The van der Waals surface area contributed by atoms with Crippen molar-refractivity contribution in [3.05, 3.63) is 94.1 Å². The molecule has 42 heavy (non-hydrogen) atoms. The van der Waals surface area contributed by atoms with Gasteiger partial charge in [-0.15, -0.1) is 11.3 Å². The molecule has 8 nitrogen and oxygen atoms in total. The Morgan fingerprint density at radius 3 is 2.57 bits per heavy atom. The average molecular weight is 595 g/mol. The molecule has 1 aliphatic rings. The first-order valence-electron chi connectivity index (χ1n) is 13.0. The van der Waals surface area contributed by atoms with Gasteiger partial charge in [0.1, 0.15) is 5.56 Å². The van der Waals surface area contributed by atoms with Crippen LogP contribution >= 0.6 is 11.3 Å². The Balaban J connectivity index is 1.38. The van der Waals surface area contributed by atoms with E-state index in [0.29, 0.717) is 29.9 Å². The highest BCUT2D eigenvalue weighted by atomic mass is 32.1. The van der Waals surface area contributed by atoms with Crippen LogP contribution in [0.25, 0.3) is 34.1 Å². The summed E-state index contributed by atoms with van der Waals surface area (Å²) in [7, 11) is 0. The molecule has 0 radical (unpaired) electrons. The second-order valence-electron chi connectivity index (χ2n) is 9.29. The van der Waals surface area contributed by atoms with Crippen molar-refractivity contribution < 1.29 is 32.6 Å². The minimum atomic E-state index is -4.87. The van der Waals surface area contributed by atoms with Gasteiger partial charge in [-0.2, -0.15) is 18.3 Å². The number of halogens is 3. The zero-order chi connectivity index (χ0) is 29.9. The van der Waals surface area contributed by atoms with E-state index in [9.17, 15) is 22.8 Å². The summed E-state index contributed by atoms with van der Waals surface area (Å²) >= 11 is 1.40. The molecular weight excluding hydrogens is 569 g/mol. The number of hydrogen-bond donors (Lipinski definition) is 1. The van der Waals surface area contributed by atoms with Gasteiger partial charge < -0.3 is 14.7 Å². The predicted molar refractivity (Wildman–Crippen MR) is 153 cm³/mol. The van der Waals surface area contributed by atoms with Gasteiger partial charge in [-0.25, -0.2) is 19.3 Å². The summed E-state index contributed by atoms with van der Waals surface area (Å²) in [6, 6.07) is 14.5. The van der Waals surface area contributed by atoms with Gasteiger partial charge in [-0.05, 0) is 59.2 Å². The van der Waals surface area contributed by atoms with E-state index < -0.39 is 29.5 Å². The fourth-order valence-corrected chi connectivity index (χ4v) is 5.44. The van der Waals surface area contributed by atoms with Crippen molar-refractivity contribution in [2.45, 2.75) is 19.5 Å². The first kappa shape index (κ1) is 28.8. The van der Waals surface area contributed by atoms with E-state index in [1.165, 1.54) is 29.2 Å². The van der Waals surface area contributed by atoms with E-state index in [0.717, 1.165) is 33.3 Å². The Hall–Kier alpha value is -4.71. The van der Waals surface area contributed by atoms with Crippen LogP contribution in [0.5, 0.6) is 0 Å². The predicted octanol–water partition coefficient (Wildman–Crippen LogP) is 7.13. The van der Waals surface area contributed by atoms with Crippen LogP contribution in [0.1, 0.15) is 46.1 Å². The first-order valence-corrected chi connectivity index (χ1v) is 13.9. The monoisotopic (exact) mass is 594 g/mol. The Kier molecular flexibility index (Phi) is 8.25. The van der Waals surface area contributed by atoms with Gasteiger partial charge in [0.15, 0.2) is 11.5 Å². The number of esters is 1. The molecule has 216 valence electrons. The fraction of sp³-hybridized carbons (Fsp3) is 0.200. The number of pyridine rings is 1. The normalized spacial score (nSPS) is 13.8. The van der Waals surface area contributed by atoms with Crippen LogP contribution in [-0.2, 0) is 10.9 Å². The van der Waals surface area contributed by atoms with Crippen LogP contribution in [0.15, 0.2) is 66.2 Å². The molecule has 0 atom stereocenters. The van der Waals surface area contributed by atoms with Crippen LogP contribution < -0.4 is 0 Å². The summed E-state index contributed by atoms with van der Waals surface area (Å²) in [6.45, 7) is 2.27.